The first-order valence-electron chi connectivity index (χ1n) is 14.8. The maximum atomic E-state index is 13.4. The van der Waals surface area contributed by atoms with Gasteiger partial charge in [0.25, 0.3) is 0 Å². The van der Waals surface area contributed by atoms with Crippen molar-refractivity contribution in [2.24, 2.45) is 0 Å². The summed E-state index contributed by atoms with van der Waals surface area (Å²) in [6.07, 6.45) is 3.36. The minimum absolute atomic E-state index is 0.144. The van der Waals surface area contributed by atoms with Crippen molar-refractivity contribution in [2.75, 3.05) is 0 Å². The fourth-order valence-electron chi connectivity index (χ4n) is 6.69. The van der Waals surface area contributed by atoms with E-state index in [2.05, 4.69) is 0 Å². The molecule has 6 aromatic rings. The largest absolute Gasteiger partial charge is 0.482 e. The Bertz CT molecular complexity index is 2390. The molecule has 0 unspecified atom stereocenters. The summed E-state index contributed by atoms with van der Waals surface area (Å²) in [7, 11) is 0. The zero-order valence-electron chi connectivity index (χ0n) is 24.6. The van der Waals surface area contributed by atoms with Crippen LogP contribution in [0.1, 0.15) is 70.6 Å². The van der Waals surface area contributed by atoms with Gasteiger partial charge in [0.2, 0.25) is 0 Å². The first-order valence-corrected chi connectivity index (χ1v) is 16.4. The first-order chi connectivity index (χ1) is 22.2. The molecule has 46 heavy (non-hydrogen) atoms. The van der Waals surface area contributed by atoms with Crippen molar-refractivity contribution in [3.05, 3.63) is 134 Å². The molecule has 0 saturated carbocycles. The lowest BCUT2D eigenvalue weighted by atomic mass is 9.95. The number of thiophene rings is 2. The van der Waals surface area contributed by atoms with Crippen LogP contribution in [0.2, 0.25) is 0 Å². The molecule has 2 aromatic heterocycles. The van der Waals surface area contributed by atoms with Crippen LogP contribution in [0.25, 0.3) is 43.5 Å². The summed E-state index contributed by atoms with van der Waals surface area (Å²) in [6.45, 7) is 3.96. The second kappa shape index (κ2) is 9.39. The summed E-state index contributed by atoms with van der Waals surface area (Å²) in [5, 5.41) is 3.67. The summed E-state index contributed by atoms with van der Waals surface area (Å²) >= 11 is 2.95. The highest BCUT2D eigenvalue weighted by Crippen LogP contribution is 2.53. The van der Waals surface area contributed by atoms with E-state index < -0.39 is 5.60 Å². The summed E-state index contributed by atoms with van der Waals surface area (Å²) < 4.78 is 6.44. The normalized spacial score (nSPS) is 16.0. The standard InChI is InChI=1S/C39H22O5S2/c1-39(2)31-17-23(15-29-33(40)25-11-19-7-3-4-8-20(19)12-26(25)34(29)41)45-37(31)38-32(44-39)18-24(46-38)16-30-35(42)27-13-21-9-5-6-10-22(21)14-28(27)36(30)43/h3-18H,1-2H3. The van der Waals surface area contributed by atoms with Gasteiger partial charge in [0.15, 0.2) is 23.1 Å². The average Bonchev–Trinajstić information content (AvgIpc) is 3.77. The highest BCUT2D eigenvalue weighted by Gasteiger charge is 2.38. The van der Waals surface area contributed by atoms with Crippen LogP contribution < -0.4 is 4.74 Å². The van der Waals surface area contributed by atoms with Crippen LogP contribution in [0.5, 0.6) is 5.75 Å². The van der Waals surface area contributed by atoms with Crippen LogP contribution in [0, 0.1) is 0 Å². The molecular weight excluding hydrogens is 613 g/mol. The highest BCUT2D eigenvalue weighted by molar-refractivity contribution is 7.23. The molecule has 0 saturated heterocycles. The second-order valence-electron chi connectivity index (χ2n) is 12.3. The lowest BCUT2D eigenvalue weighted by Crippen LogP contribution is -2.27. The van der Waals surface area contributed by atoms with Gasteiger partial charge >= 0.3 is 0 Å². The molecule has 2 aliphatic carbocycles. The summed E-state index contributed by atoms with van der Waals surface area (Å²) in [4.78, 5) is 57.0. The number of carbonyl (C=O) groups is 4. The minimum Gasteiger partial charge on any atom is -0.482 e. The molecule has 0 spiro atoms. The van der Waals surface area contributed by atoms with Gasteiger partial charge in [0.05, 0.1) is 20.9 Å². The molecule has 0 N–H and O–H groups in total. The van der Waals surface area contributed by atoms with Crippen LogP contribution in [-0.4, -0.2) is 23.1 Å². The quantitative estimate of drug-likeness (QED) is 0.140. The van der Waals surface area contributed by atoms with Gasteiger partial charge in [-0.25, -0.2) is 0 Å². The predicted molar refractivity (Wildman–Crippen MR) is 182 cm³/mol. The molecule has 220 valence electrons. The third-order valence-electron chi connectivity index (χ3n) is 8.99. The monoisotopic (exact) mass is 634 g/mol. The van der Waals surface area contributed by atoms with Crippen molar-refractivity contribution in [1.29, 1.82) is 0 Å². The first kappa shape index (κ1) is 27.1. The van der Waals surface area contributed by atoms with Crippen molar-refractivity contribution >= 4 is 79.5 Å². The van der Waals surface area contributed by atoms with E-state index in [0.717, 1.165) is 46.6 Å². The minimum atomic E-state index is -0.680. The molecule has 0 amide bonds. The number of rotatable bonds is 2. The lowest BCUT2D eigenvalue weighted by molar-refractivity contribution is 0.0975. The number of hydrogen-bond donors (Lipinski definition) is 0. The molecule has 7 heteroatoms. The summed E-state index contributed by atoms with van der Waals surface area (Å²) in [5.41, 5.74) is 2.30. The smallest absolute Gasteiger partial charge is 0.197 e. The molecule has 0 radical (unpaired) electrons. The molecule has 0 bridgehead atoms. The molecule has 9 rings (SSSR count). The summed E-state index contributed by atoms with van der Waals surface area (Å²) in [5.74, 6) is -0.410. The molecule has 3 heterocycles. The van der Waals surface area contributed by atoms with Gasteiger partial charge in [-0.05, 0) is 83.9 Å². The maximum Gasteiger partial charge on any atom is 0.197 e. The van der Waals surface area contributed by atoms with E-state index in [9.17, 15) is 19.2 Å². The molecule has 1 aliphatic heterocycles. The Balaban J connectivity index is 1.09. The molecule has 3 aliphatic rings. The van der Waals surface area contributed by atoms with E-state index in [4.69, 9.17) is 4.74 Å². The Labute approximate surface area is 271 Å². The molecule has 4 aromatic carbocycles. The second-order valence-corrected chi connectivity index (χ2v) is 14.4. The van der Waals surface area contributed by atoms with Crippen molar-refractivity contribution in [2.45, 2.75) is 19.4 Å². The van der Waals surface area contributed by atoms with Crippen LogP contribution in [0.15, 0.2) is 96.1 Å². The third-order valence-corrected chi connectivity index (χ3v) is 11.3. The summed E-state index contributed by atoms with van der Waals surface area (Å²) in [6, 6.07) is 26.5. The van der Waals surface area contributed by atoms with E-state index in [-0.39, 0.29) is 34.3 Å². The van der Waals surface area contributed by atoms with Gasteiger partial charge in [-0.2, -0.15) is 0 Å². The van der Waals surface area contributed by atoms with Crippen LogP contribution in [0.3, 0.4) is 0 Å². The molecule has 5 nitrogen and oxygen atoms in total. The molecule has 0 fully saturated rings. The fourth-order valence-corrected chi connectivity index (χ4v) is 9.12. The number of fused-ring (bicyclic) bond motifs is 7. The van der Waals surface area contributed by atoms with Gasteiger partial charge in [0.1, 0.15) is 11.4 Å². The number of ether oxygens (including phenoxy) is 1. The maximum absolute atomic E-state index is 13.4. The number of ketones is 4. The number of Topliss-reactive ketones (excluding diaryl/α,β-unsaturated/α-hetero) is 4. The SMILES string of the molecule is CC1(C)Oc2cc(C=C3C(=O)c4cc5ccccc5cc4C3=O)sc2-c2sc(C=C3C(=O)c4cc5ccccc5cc4C3=O)cc21. The van der Waals surface area contributed by atoms with E-state index in [1.807, 2.05) is 74.5 Å². The highest BCUT2D eigenvalue weighted by atomic mass is 32.1. The van der Waals surface area contributed by atoms with Crippen LogP contribution in [-0.2, 0) is 5.60 Å². The number of allylic oxidation sites excluding steroid dienone is 2. The van der Waals surface area contributed by atoms with Gasteiger partial charge in [-0.15, -0.1) is 22.7 Å². The Hall–Kier alpha value is -5.24. The van der Waals surface area contributed by atoms with E-state index in [1.54, 1.807) is 36.4 Å². The lowest BCUT2D eigenvalue weighted by Gasteiger charge is -2.31. The van der Waals surface area contributed by atoms with Crippen molar-refractivity contribution < 1.29 is 23.9 Å². The topological polar surface area (TPSA) is 77.5 Å². The fraction of sp³-hybridized carbons (Fsp3) is 0.0769. The van der Waals surface area contributed by atoms with E-state index in [1.165, 1.54) is 22.7 Å². The number of hydrogen-bond acceptors (Lipinski definition) is 7. The third kappa shape index (κ3) is 3.85. The van der Waals surface area contributed by atoms with Crippen molar-refractivity contribution in [3.63, 3.8) is 0 Å². The number of carbonyl (C=O) groups excluding carboxylic acids is 4. The van der Waals surface area contributed by atoms with Crippen LogP contribution in [0.4, 0.5) is 0 Å². The van der Waals surface area contributed by atoms with Crippen molar-refractivity contribution in [3.8, 4) is 15.5 Å². The van der Waals surface area contributed by atoms with Gasteiger partial charge in [-0.3, -0.25) is 19.2 Å². The zero-order chi connectivity index (χ0) is 31.5. The predicted octanol–water partition coefficient (Wildman–Crippen LogP) is 9.34. The average molecular weight is 635 g/mol. The Morgan fingerprint density at radius 3 is 1.37 bits per heavy atom. The van der Waals surface area contributed by atoms with Crippen molar-refractivity contribution in [1.82, 2.24) is 0 Å². The van der Waals surface area contributed by atoms with E-state index >= 15 is 0 Å². The Morgan fingerprint density at radius 1 is 0.543 bits per heavy atom. The van der Waals surface area contributed by atoms with Gasteiger partial charge < -0.3 is 4.74 Å². The Morgan fingerprint density at radius 2 is 0.935 bits per heavy atom. The zero-order valence-corrected chi connectivity index (χ0v) is 26.2. The molecular formula is C39H22O5S2. The van der Waals surface area contributed by atoms with Crippen LogP contribution >= 0.6 is 22.7 Å². The number of benzene rings is 4. The van der Waals surface area contributed by atoms with E-state index in [0.29, 0.717) is 28.0 Å². The Kier molecular flexibility index (Phi) is 5.53. The van der Waals surface area contributed by atoms with Gasteiger partial charge in [-0.1, -0.05) is 48.5 Å². The van der Waals surface area contributed by atoms with Gasteiger partial charge in [0, 0.05) is 37.6 Å². The molecule has 0 atom stereocenters.